The van der Waals surface area contributed by atoms with E-state index in [0.717, 1.165) is 16.9 Å². The van der Waals surface area contributed by atoms with Crippen LogP contribution in [0, 0.1) is 0 Å². The van der Waals surface area contributed by atoms with Gasteiger partial charge in [-0.3, -0.25) is 4.79 Å². The molecule has 0 atom stereocenters. The normalized spacial score (nSPS) is 10.4. The summed E-state index contributed by atoms with van der Waals surface area (Å²) in [5.41, 5.74) is 8.69. The fourth-order valence-electron chi connectivity index (χ4n) is 2.29. The van der Waals surface area contributed by atoms with Crippen LogP contribution < -0.4 is 10.5 Å². The molecule has 0 fully saturated rings. The molecule has 0 aliphatic carbocycles. The third kappa shape index (κ3) is 3.05. The maximum atomic E-state index is 11.1. The van der Waals surface area contributed by atoms with E-state index in [2.05, 4.69) is 11.7 Å². The summed E-state index contributed by atoms with van der Waals surface area (Å²) < 4.78 is 10.6. The molecule has 3 rings (SSSR count). The first-order chi connectivity index (χ1) is 11.6. The number of hydrogen-bond acceptors (Lipinski definition) is 4. The Labute approximate surface area is 139 Å². The Morgan fingerprint density at radius 3 is 2.29 bits per heavy atom. The number of primary amides is 1. The molecule has 0 unspecified atom stereocenters. The Morgan fingerprint density at radius 1 is 1.08 bits per heavy atom. The van der Waals surface area contributed by atoms with Gasteiger partial charge in [0.25, 0.3) is 0 Å². The van der Waals surface area contributed by atoms with Crippen molar-refractivity contribution in [2.75, 3.05) is 7.11 Å². The van der Waals surface area contributed by atoms with Gasteiger partial charge < -0.3 is 15.0 Å². The van der Waals surface area contributed by atoms with Crippen LogP contribution in [0.15, 0.2) is 65.7 Å². The van der Waals surface area contributed by atoms with Crippen molar-refractivity contribution in [3.8, 4) is 28.3 Å². The molecular formula is C19H16N2O3. The lowest BCUT2D eigenvalue weighted by molar-refractivity contribution is -0.112. The lowest BCUT2D eigenvalue weighted by Gasteiger charge is -2.02. The smallest absolute Gasteiger partial charge is 0.248 e. The van der Waals surface area contributed by atoms with E-state index >= 15 is 0 Å². The molecule has 2 N–H and O–H groups in total. The van der Waals surface area contributed by atoms with Crippen molar-refractivity contribution in [3.63, 3.8) is 0 Å². The molecule has 0 radical (unpaired) electrons. The zero-order valence-electron chi connectivity index (χ0n) is 13.2. The molecule has 0 aliphatic heterocycles. The second kappa shape index (κ2) is 6.42. The van der Waals surface area contributed by atoms with Gasteiger partial charge in [-0.1, -0.05) is 36.0 Å². The van der Waals surface area contributed by atoms with Gasteiger partial charge in [0.1, 0.15) is 11.4 Å². The molecule has 5 nitrogen and oxygen atoms in total. The number of carbonyl (C=O) groups is 1. The number of ether oxygens (including phenoxy) is 1. The Hall–Kier alpha value is -3.34. The van der Waals surface area contributed by atoms with Crippen LogP contribution in [-0.2, 0) is 4.79 Å². The van der Waals surface area contributed by atoms with Crippen molar-refractivity contribution in [1.82, 2.24) is 5.16 Å². The predicted molar refractivity (Wildman–Crippen MR) is 92.2 cm³/mol. The molecule has 0 aliphatic rings. The van der Waals surface area contributed by atoms with Crippen LogP contribution in [0.1, 0.15) is 5.56 Å². The van der Waals surface area contributed by atoms with Gasteiger partial charge in [-0.15, -0.1) is 0 Å². The predicted octanol–water partition coefficient (Wildman–Crippen LogP) is 3.52. The highest BCUT2D eigenvalue weighted by molar-refractivity contribution is 6.17. The van der Waals surface area contributed by atoms with E-state index in [9.17, 15) is 4.79 Å². The van der Waals surface area contributed by atoms with Gasteiger partial charge in [-0.25, -0.2) is 0 Å². The number of aromatic nitrogens is 1. The topological polar surface area (TPSA) is 78.4 Å². The number of nitrogens with zero attached hydrogens (tertiary/aromatic N) is 1. The van der Waals surface area contributed by atoms with Gasteiger partial charge in [-0.05, 0) is 29.8 Å². The van der Waals surface area contributed by atoms with Crippen molar-refractivity contribution >= 4 is 11.5 Å². The quantitative estimate of drug-likeness (QED) is 0.730. The van der Waals surface area contributed by atoms with Crippen LogP contribution >= 0.6 is 0 Å². The van der Waals surface area contributed by atoms with Crippen LogP contribution in [0.2, 0.25) is 0 Å². The summed E-state index contributed by atoms with van der Waals surface area (Å²) in [7, 11) is 1.62. The monoisotopic (exact) mass is 320 g/mol. The standard InChI is InChI=1S/C19H16N2O3/c1-12(19(20)22)13-3-5-14(6-4-13)17-11-18(24-21-17)15-7-9-16(23-2)10-8-15/h3-11H,1H2,2H3,(H2,20,22). The fraction of sp³-hybridized carbons (Fsp3) is 0.0526. The largest absolute Gasteiger partial charge is 0.497 e. The van der Waals surface area contributed by atoms with E-state index in [-0.39, 0.29) is 5.57 Å². The van der Waals surface area contributed by atoms with E-state index < -0.39 is 5.91 Å². The Bertz CT molecular complexity index is 878. The summed E-state index contributed by atoms with van der Waals surface area (Å²) in [6, 6.07) is 16.7. The van der Waals surface area contributed by atoms with Crippen LogP contribution in [0.3, 0.4) is 0 Å². The SMILES string of the molecule is C=C(C(N)=O)c1ccc(-c2cc(-c3ccc(OC)cc3)on2)cc1. The van der Waals surface area contributed by atoms with E-state index in [1.807, 2.05) is 42.5 Å². The van der Waals surface area contributed by atoms with Gasteiger partial charge in [0.15, 0.2) is 5.76 Å². The van der Waals surface area contributed by atoms with E-state index in [1.54, 1.807) is 19.2 Å². The molecule has 0 bridgehead atoms. The third-order valence-corrected chi connectivity index (χ3v) is 3.71. The van der Waals surface area contributed by atoms with Crippen LogP contribution in [0.4, 0.5) is 0 Å². The van der Waals surface area contributed by atoms with Crippen molar-refractivity contribution in [2.45, 2.75) is 0 Å². The highest BCUT2D eigenvalue weighted by atomic mass is 16.5. The molecule has 2 aromatic carbocycles. The number of benzene rings is 2. The van der Waals surface area contributed by atoms with E-state index in [1.165, 1.54) is 0 Å². The first kappa shape index (κ1) is 15.6. The molecule has 1 aromatic heterocycles. The van der Waals surface area contributed by atoms with Gasteiger partial charge in [0.05, 0.1) is 7.11 Å². The highest BCUT2D eigenvalue weighted by Gasteiger charge is 2.10. The second-order valence-corrected chi connectivity index (χ2v) is 5.23. The maximum absolute atomic E-state index is 11.1. The summed E-state index contributed by atoms with van der Waals surface area (Å²) in [5, 5.41) is 4.09. The van der Waals surface area contributed by atoms with Crippen LogP contribution in [0.5, 0.6) is 5.75 Å². The van der Waals surface area contributed by atoms with E-state index in [0.29, 0.717) is 17.0 Å². The molecule has 0 saturated carbocycles. The second-order valence-electron chi connectivity index (χ2n) is 5.23. The molecule has 0 saturated heterocycles. The molecule has 0 spiro atoms. The minimum absolute atomic E-state index is 0.278. The van der Waals surface area contributed by atoms with E-state index in [4.69, 9.17) is 15.0 Å². The first-order valence-electron chi connectivity index (χ1n) is 7.29. The summed E-state index contributed by atoms with van der Waals surface area (Å²) in [6.07, 6.45) is 0. The first-order valence-corrected chi connectivity index (χ1v) is 7.29. The van der Waals surface area contributed by atoms with Crippen LogP contribution in [-0.4, -0.2) is 18.2 Å². The number of rotatable bonds is 5. The number of methoxy groups -OCH3 is 1. The molecule has 1 heterocycles. The maximum Gasteiger partial charge on any atom is 0.248 e. The number of carbonyl (C=O) groups excluding carboxylic acids is 1. The van der Waals surface area contributed by atoms with Crippen molar-refractivity contribution in [3.05, 3.63) is 66.7 Å². The summed E-state index contributed by atoms with van der Waals surface area (Å²) >= 11 is 0. The lowest BCUT2D eigenvalue weighted by Crippen LogP contribution is -2.11. The van der Waals surface area contributed by atoms with Crippen LogP contribution in [0.25, 0.3) is 28.2 Å². The highest BCUT2D eigenvalue weighted by Crippen LogP contribution is 2.28. The molecule has 3 aromatic rings. The third-order valence-electron chi connectivity index (χ3n) is 3.71. The van der Waals surface area contributed by atoms with Crippen molar-refractivity contribution in [1.29, 1.82) is 0 Å². The molecule has 5 heteroatoms. The Balaban J connectivity index is 1.84. The summed E-state index contributed by atoms with van der Waals surface area (Å²) in [4.78, 5) is 11.1. The van der Waals surface area contributed by atoms with Gasteiger partial charge in [0.2, 0.25) is 5.91 Å². The average Bonchev–Trinajstić information content (AvgIpc) is 3.11. The zero-order valence-corrected chi connectivity index (χ0v) is 13.2. The van der Waals surface area contributed by atoms with Crippen molar-refractivity contribution < 1.29 is 14.1 Å². The molecule has 1 amide bonds. The minimum Gasteiger partial charge on any atom is -0.497 e. The van der Waals surface area contributed by atoms with Gasteiger partial charge >= 0.3 is 0 Å². The summed E-state index contributed by atoms with van der Waals surface area (Å²) in [6.45, 7) is 3.67. The van der Waals surface area contributed by atoms with Gasteiger partial charge in [0, 0.05) is 22.8 Å². The zero-order chi connectivity index (χ0) is 17.1. The molecular weight excluding hydrogens is 304 g/mol. The van der Waals surface area contributed by atoms with Gasteiger partial charge in [-0.2, -0.15) is 0 Å². The fourth-order valence-corrected chi connectivity index (χ4v) is 2.29. The summed E-state index contributed by atoms with van der Waals surface area (Å²) in [5.74, 6) is 0.910. The lowest BCUT2D eigenvalue weighted by atomic mass is 10.0. The molecule has 24 heavy (non-hydrogen) atoms. The number of hydrogen-bond donors (Lipinski definition) is 1. The number of nitrogens with two attached hydrogens (primary N) is 1. The minimum atomic E-state index is -0.536. The Kier molecular flexibility index (Phi) is 4.16. The Morgan fingerprint density at radius 2 is 1.71 bits per heavy atom. The van der Waals surface area contributed by atoms with Crippen molar-refractivity contribution in [2.24, 2.45) is 5.73 Å². The number of amides is 1. The average molecular weight is 320 g/mol. The molecule has 120 valence electrons.